The van der Waals surface area contributed by atoms with E-state index < -0.39 is 5.97 Å². The fourth-order valence-electron chi connectivity index (χ4n) is 2.10. The molecule has 0 bridgehead atoms. The van der Waals surface area contributed by atoms with E-state index in [0.29, 0.717) is 13.1 Å². The molecule has 0 aliphatic carbocycles. The fourth-order valence-corrected chi connectivity index (χ4v) is 2.10. The third kappa shape index (κ3) is 2.68. The van der Waals surface area contributed by atoms with Crippen LogP contribution in [0.2, 0.25) is 0 Å². The van der Waals surface area contributed by atoms with Crippen molar-refractivity contribution in [1.82, 2.24) is 4.90 Å². The van der Waals surface area contributed by atoms with Crippen LogP contribution in [0.15, 0.2) is 10.5 Å². The summed E-state index contributed by atoms with van der Waals surface area (Å²) < 4.78 is 10.1. The Labute approximate surface area is 100.0 Å². The van der Waals surface area contributed by atoms with Crippen LogP contribution < -0.4 is 0 Å². The van der Waals surface area contributed by atoms with Gasteiger partial charge in [0.2, 0.25) is 5.76 Å². The number of aryl methyl sites for hydroxylation is 1. The molecule has 1 aromatic heterocycles. The lowest BCUT2D eigenvalue weighted by atomic mass is 10.2. The lowest BCUT2D eigenvalue weighted by molar-refractivity contribution is 0.0560. The molecule has 1 atom stereocenters. The molecule has 0 amide bonds. The average molecular weight is 239 g/mol. The molecule has 17 heavy (non-hydrogen) atoms. The van der Waals surface area contributed by atoms with Gasteiger partial charge < -0.3 is 14.3 Å². The number of likely N-dealkylation sites (tertiary alicyclic amines) is 1. The van der Waals surface area contributed by atoms with E-state index in [-0.39, 0.29) is 11.9 Å². The molecule has 94 valence electrons. The van der Waals surface area contributed by atoms with E-state index in [1.807, 2.05) is 13.0 Å². The predicted octanol–water partition coefficient (Wildman–Crippen LogP) is 0.941. The number of furan rings is 1. The van der Waals surface area contributed by atoms with E-state index in [0.717, 1.165) is 24.3 Å². The normalized spacial score (nSPS) is 20.8. The zero-order chi connectivity index (χ0) is 12.4. The first kappa shape index (κ1) is 12.1. The Balaban J connectivity index is 2.05. The molecule has 5 nitrogen and oxygen atoms in total. The molecule has 1 saturated heterocycles. The van der Waals surface area contributed by atoms with Crippen molar-refractivity contribution in [3.63, 3.8) is 0 Å². The Kier molecular flexibility index (Phi) is 3.49. The molecule has 1 aliphatic rings. The van der Waals surface area contributed by atoms with Crippen LogP contribution in [0.1, 0.15) is 28.3 Å². The maximum absolute atomic E-state index is 11.4. The van der Waals surface area contributed by atoms with Gasteiger partial charge in [0.05, 0.1) is 19.8 Å². The largest absolute Gasteiger partial charge is 0.463 e. The number of aliphatic hydroxyl groups is 1. The van der Waals surface area contributed by atoms with Crippen LogP contribution in [0.4, 0.5) is 0 Å². The van der Waals surface area contributed by atoms with Crippen LogP contribution in [0, 0.1) is 6.92 Å². The SMILES string of the molecule is COC(=O)c1oc(CN2CC[C@H](O)C2)cc1C. The highest BCUT2D eigenvalue weighted by atomic mass is 16.5. The van der Waals surface area contributed by atoms with Crippen molar-refractivity contribution in [3.05, 3.63) is 23.2 Å². The van der Waals surface area contributed by atoms with Crippen molar-refractivity contribution in [2.45, 2.75) is 26.0 Å². The molecule has 1 N–H and O–H groups in total. The van der Waals surface area contributed by atoms with Gasteiger partial charge in [-0.05, 0) is 19.4 Å². The maximum Gasteiger partial charge on any atom is 0.374 e. The van der Waals surface area contributed by atoms with Gasteiger partial charge >= 0.3 is 5.97 Å². The van der Waals surface area contributed by atoms with Crippen molar-refractivity contribution < 1.29 is 19.1 Å². The number of hydrogen-bond donors (Lipinski definition) is 1. The number of carbonyl (C=O) groups excluding carboxylic acids is 1. The molecule has 1 fully saturated rings. The van der Waals surface area contributed by atoms with Gasteiger partial charge in [-0.2, -0.15) is 0 Å². The summed E-state index contributed by atoms with van der Waals surface area (Å²) in [6, 6.07) is 1.84. The second-order valence-corrected chi connectivity index (χ2v) is 4.39. The van der Waals surface area contributed by atoms with Gasteiger partial charge in [0, 0.05) is 18.7 Å². The van der Waals surface area contributed by atoms with E-state index in [1.54, 1.807) is 0 Å². The van der Waals surface area contributed by atoms with Crippen LogP contribution in [0.25, 0.3) is 0 Å². The van der Waals surface area contributed by atoms with Crippen LogP contribution in [-0.2, 0) is 11.3 Å². The highest BCUT2D eigenvalue weighted by Gasteiger charge is 2.22. The number of β-amino-alcohol motifs (C(OH)–C–C–N with tert-alkyl or cyclic N) is 1. The van der Waals surface area contributed by atoms with Gasteiger partial charge in [-0.3, -0.25) is 4.90 Å². The van der Waals surface area contributed by atoms with Crippen molar-refractivity contribution in [2.24, 2.45) is 0 Å². The number of carbonyl (C=O) groups is 1. The number of esters is 1. The summed E-state index contributed by atoms with van der Waals surface area (Å²) in [5.41, 5.74) is 0.784. The van der Waals surface area contributed by atoms with Gasteiger partial charge in [-0.25, -0.2) is 4.79 Å². The summed E-state index contributed by atoms with van der Waals surface area (Å²) in [6.07, 6.45) is 0.551. The molecule has 0 saturated carbocycles. The zero-order valence-electron chi connectivity index (χ0n) is 10.1. The minimum atomic E-state index is -0.449. The van der Waals surface area contributed by atoms with E-state index >= 15 is 0 Å². The van der Waals surface area contributed by atoms with Gasteiger partial charge in [-0.15, -0.1) is 0 Å². The van der Waals surface area contributed by atoms with Crippen LogP contribution in [-0.4, -0.2) is 42.3 Å². The summed E-state index contributed by atoms with van der Waals surface area (Å²) in [4.78, 5) is 13.5. The number of rotatable bonds is 3. The average Bonchev–Trinajstić information content (AvgIpc) is 2.85. The molecule has 0 unspecified atom stereocenters. The fraction of sp³-hybridized carbons (Fsp3) is 0.583. The standard InChI is InChI=1S/C12H17NO4/c1-8-5-10(17-11(8)12(15)16-2)7-13-4-3-9(14)6-13/h5,9,14H,3-4,6-7H2,1-2H3/t9-/m0/s1. The highest BCUT2D eigenvalue weighted by Crippen LogP contribution is 2.19. The second kappa shape index (κ2) is 4.89. The molecule has 0 spiro atoms. The zero-order valence-corrected chi connectivity index (χ0v) is 10.1. The van der Waals surface area contributed by atoms with Crippen molar-refractivity contribution in [1.29, 1.82) is 0 Å². The first-order valence-corrected chi connectivity index (χ1v) is 5.68. The van der Waals surface area contributed by atoms with Crippen LogP contribution in [0.3, 0.4) is 0 Å². The summed E-state index contributed by atoms with van der Waals surface area (Å²) in [6.45, 7) is 3.95. The lowest BCUT2D eigenvalue weighted by Gasteiger charge is -2.12. The number of ether oxygens (including phenoxy) is 1. The lowest BCUT2D eigenvalue weighted by Crippen LogP contribution is -2.21. The smallest absolute Gasteiger partial charge is 0.374 e. The molecule has 0 aromatic carbocycles. The molecule has 1 aliphatic heterocycles. The Morgan fingerprint density at radius 3 is 3.06 bits per heavy atom. The molecule has 2 rings (SSSR count). The first-order valence-electron chi connectivity index (χ1n) is 5.68. The molecule has 5 heteroatoms. The Morgan fingerprint density at radius 1 is 1.71 bits per heavy atom. The number of nitrogens with zero attached hydrogens (tertiary/aromatic N) is 1. The Hall–Kier alpha value is -1.33. The van der Waals surface area contributed by atoms with Crippen molar-refractivity contribution in [2.75, 3.05) is 20.2 Å². The summed E-state index contributed by atoms with van der Waals surface area (Å²) in [5, 5.41) is 9.42. The Morgan fingerprint density at radius 2 is 2.47 bits per heavy atom. The third-order valence-electron chi connectivity index (χ3n) is 2.97. The minimum absolute atomic E-state index is 0.244. The molecular formula is C12H17NO4. The number of hydrogen-bond acceptors (Lipinski definition) is 5. The quantitative estimate of drug-likeness (QED) is 0.795. The van der Waals surface area contributed by atoms with E-state index in [2.05, 4.69) is 9.64 Å². The van der Waals surface area contributed by atoms with Gasteiger partial charge in [0.25, 0.3) is 0 Å². The highest BCUT2D eigenvalue weighted by molar-refractivity contribution is 5.87. The first-order chi connectivity index (χ1) is 8.10. The van der Waals surface area contributed by atoms with Crippen molar-refractivity contribution in [3.8, 4) is 0 Å². The summed E-state index contributed by atoms with van der Waals surface area (Å²) in [7, 11) is 1.33. The van der Waals surface area contributed by atoms with Gasteiger partial charge in [0.1, 0.15) is 5.76 Å². The maximum atomic E-state index is 11.4. The van der Waals surface area contributed by atoms with E-state index in [1.165, 1.54) is 7.11 Å². The molecule has 0 radical (unpaired) electrons. The van der Waals surface area contributed by atoms with Crippen molar-refractivity contribution >= 4 is 5.97 Å². The minimum Gasteiger partial charge on any atom is -0.463 e. The second-order valence-electron chi connectivity index (χ2n) is 4.39. The Bertz CT molecular complexity index is 413. The van der Waals surface area contributed by atoms with Gasteiger partial charge in [-0.1, -0.05) is 0 Å². The molecular weight excluding hydrogens is 222 g/mol. The van der Waals surface area contributed by atoms with E-state index in [4.69, 9.17) is 4.42 Å². The summed E-state index contributed by atoms with van der Waals surface area (Å²) in [5.74, 6) is 0.550. The van der Waals surface area contributed by atoms with E-state index in [9.17, 15) is 9.90 Å². The third-order valence-corrected chi connectivity index (χ3v) is 2.97. The molecule has 1 aromatic rings. The van der Waals surface area contributed by atoms with Crippen LogP contribution in [0.5, 0.6) is 0 Å². The van der Waals surface area contributed by atoms with Crippen LogP contribution >= 0.6 is 0 Å². The summed E-state index contributed by atoms with van der Waals surface area (Å²) >= 11 is 0. The number of aliphatic hydroxyl groups excluding tert-OH is 1. The molecule has 2 heterocycles. The predicted molar refractivity (Wildman–Crippen MR) is 60.7 cm³/mol. The number of methoxy groups -OCH3 is 1. The monoisotopic (exact) mass is 239 g/mol. The topological polar surface area (TPSA) is 62.9 Å². The van der Waals surface area contributed by atoms with Gasteiger partial charge in [0.15, 0.2) is 0 Å².